The van der Waals surface area contributed by atoms with E-state index in [1.807, 2.05) is 12.1 Å². The first kappa shape index (κ1) is 13.0. The molecule has 4 heteroatoms. The fourth-order valence-electron chi connectivity index (χ4n) is 0.897. The highest BCUT2D eigenvalue weighted by Gasteiger charge is 2.37. The average molecular weight is 291 g/mol. The van der Waals surface area contributed by atoms with Crippen LogP contribution in [0.3, 0.4) is 0 Å². The molecule has 0 bridgehead atoms. The van der Waals surface area contributed by atoms with Crippen LogP contribution in [0.4, 0.5) is 0 Å². The zero-order valence-corrected chi connectivity index (χ0v) is 12.6. The third-order valence-electron chi connectivity index (χ3n) is 3.01. The minimum Gasteiger partial charge on any atom is -0.452 e. The predicted molar refractivity (Wildman–Crippen MR) is 68.4 cm³/mol. The third-order valence-corrected chi connectivity index (χ3v) is 7.91. The quantitative estimate of drug-likeness (QED) is 0.761. The Bertz CT molecular complexity index is 326. The molecule has 1 aromatic heterocycles. The molecular weight excluding hydrogens is 272 g/mol. The molecule has 0 aliphatic carbocycles. The fraction of sp³-hybridized carbons (Fsp3) is 0.636. The zero-order valence-electron chi connectivity index (χ0n) is 10.1. The minimum atomic E-state index is -1.65. The predicted octanol–water partition coefficient (Wildman–Crippen LogP) is 4.56. The normalized spacial score (nSPS) is 13.2. The largest absolute Gasteiger partial charge is 0.452 e. The highest BCUT2D eigenvalue weighted by molar-refractivity contribution is 9.10. The molecule has 0 atom stereocenters. The molecule has 0 N–H and O–H groups in total. The van der Waals surface area contributed by atoms with Crippen LogP contribution in [0.1, 0.15) is 26.5 Å². The third kappa shape index (κ3) is 3.47. The van der Waals surface area contributed by atoms with E-state index >= 15 is 0 Å². The topological polar surface area (TPSA) is 22.4 Å². The molecule has 1 aromatic rings. The summed E-state index contributed by atoms with van der Waals surface area (Å²) in [6, 6.07) is 3.83. The lowest BCUT2D eigenvalue weighted by Crippen LogP contribution is -2.40. The number of hydrogen-bond donors (Lipinski definition) is 0. The summed E-state index contributed by atoms with van der Waals surface area (Å²) in [5, 5.41) is 0.247. The summed E-state index contributed by atoms with van der Waals surface area (Å²) in [6.07, 6.45) is 0. The summed E-state index contributed by atoms with van der Waals surface area (Å²) >= 11 is 3.28. The maximum absolute atomic E-state index is 6.02. The van der Waals surface area contributed by atoms with Crippen molar-refractivity contribution in [1.82, 2.24) is 0 Å². The van der Waals surface area contributed by atoms with E-state index in [-0.39, 0.29) is 5.04 Å². The summed E-state index contributed by atoms with van der Waals surface area (Å²) in [4.78, 5) is 0. The Hall–Kier alpha value is -0.0631. The van der Waals surface area contributed by atoms with Crippen molar-refractivity contribution in [1.29, 1.82) is 0 Å². The van der Waals surface area contributed by atoms with Gasteiger partial charge in [-0.3, -0.25) is 0 Å². The van der Waals surface area contributed by atoms with E-state index in [1.54, 1.807) is 0 Å². The van der Waals surface area contributed by atoms with E-state index in [0.29, 0.717) is 6.61 Å². The molecule has 0 saturated heterocycles. The van der Waals surface area contributed by atoms with Gasteiger partial charge in [0, 0.05) is 0 Å². The van der Waals surface area contributed by atoms with Gasteiger partial charge in [0.2, 0.25) is 0 Å². The van der Waals surface area contributed by atoms with Gasteiger partial charge in [0.15, 0.2) is 13.0 Å². The van der Waals surface area contributed by atoms with Gasteiger partial charge in [-0.25, -0.2) is 0 Å². The van der Waals surface area contributed by atoms with Crippen molar-refractivity contribution in [3.63, 3.8) is 0 Å². The van der Waals surface area contributed by atoms with Crippen LogP contribution in [-0.4, -0.2) is 8.32 Å². The Balaban J connectivity index is 2.57. The maximum Gasteiger partial charge on any atom is 0.192 e. The molecule has 0 saturated carbocycles. The molecule has 0 spiro atoms. The SMILES string of the molecule is CC(C)(C)[Si](C)(C)OCc1ccc(Br)o1. The Labute approximate surface area is 101 Å². The van der Waals surface area contributed by atoms with E-state index in [1.165, 1.54) is 0 Å². The number of furan rings is 1. The van der Waals surface area contributed by atoms with Crippen LogP contribution in [0.5, 0.6) is 0 Å². The first-order chi connectivity index (χ1) is 6.72. The summed E-state index contributed by atoms with van der Waals surface area (Å²) in [5.41, 5.74) is 0. The molecule has 1 rings (SSSR count). The highest BCUT2D eigenvalue weighted by Crippen LogP contribution is 2.37. The standard InChI is InChI=1S/C11H19BrO2Si/c1-11(2,3)15(4,5)13-8-9-6-7-10(12)14-9/h6-7H,8H2,1-5H3. The maximum atomic E-state index is 6.02. The second-order valence-corrected chi connectivity index (χ2v) is 10.8. The van der Waals surface area contributed by atoms with Gasteiger partial charge in [0.25, 0.3) is 0 Å². The Morgan fingerprint density at radius 2 is 1.93 bits per heavy atom. The lowest BCUT2D eigenvalue weighted by Gasteiger charge is -2.35. The molecule has 0 fully saturated rings. The van der Waals surface area contributed by atoms with Crippen molar-refractivity contribution in [2.75, 3.05) is 0 Å². The molecule has 86 valence electrons. The van der Waals surface area contributed by atoms with Crippen LogP contribution in [0.2, 0.25) is 18.1 Å². The molecule has 0 aliphatic rings. The molecule has 0 radical (unpaired) electrons. The second kappa shape index (κ2) is 4.43. The Morgan fingerprint density at radius 1 is 1.33 bits per heavy atom. The van der Waals surface area contributed by atoms with Crippen molar-refractivity contribution in [2.45, 2.75) is 45.5 Å². The summed E-state index contributed by atoms with van der Waals surface area (Å²) < 4.78 is 12.2. The van der Waals surface area contributed by atoms with Gasteiger partial charge in [0.05, 0.1) is 6.61 Å². The Kier molecular flexibility index (Phi) is 3.84. The van der Waals surface area contributed by atoms with Crippen molar-refractivity contribution >= 4 is 24.2 Å². The molecule has 15 heavy (non-hydrogen) atoms. The van der Waals surface area contributed by atoms with Crippen molar-refractivity contribution < 1.29 is 8.84 Å². The highest BCUT2D eigenvalue weighted by atomic mass is 79.9. The van der Waals surface area contributed by atoms with E-state index in [0.717, 1.165) is 10.4 Å². The lowest BCUT2D eigenvalue weighted by molar-refractivity contribution is 0.244. The van der Waals surface area contributed by atoms with Crippen LogP contribution in [-0.2, 0) is 11.0 Å². The van der Waals surface area contributed by atoms with Crippen molar-refractivity contribution in [2.24, 2.45) is 0 Å². The van der Waals surface area contributed by atoms with E-state index < -0.39 is 8.32 Å². The molecule has 0 unspecified atom stereocenters. The van der Waals surface area contributed by atoms with Crippen LogP contribution >= 0.6 is 15.9 Å². The average Bonchev–Trinajstić information content (AvgIpc) is 2.46. The molecule has 2 nitrogen and oxygen atoms in total. The van der Waals surface area contributed by atoms with Gasteiger partial charge in [-0.05, 0) is 46.2 Å². The van der Waals surface area contributed by atoms with Crippen molar-refractivity contribution in [3.05, 3.63) is 22.6 Å². The monoisotopic (exact) mass is 290 g/mol. The van der Waals surface area contributed by atoms with Crippen molar-refractivity contribution in [3.8, 4) is 0 Å². The summed E-state index contributed by atoms with van der Waals surface area (Å²) in [5.74, 6) is 0.881. The van der Waals surface area contributed by atoms with E-state index in [9.17, 15) is 0 Å². The van der Waals surface area contributed by atoms with Crippen LogP contribution in [0, 0.1) is 0 Å². The molecule has 1 heterocycles. The Morgan fingerprint density at radius 3 is 2.33 bits per heavy atom. The second-order valence-electron chi connectivity index (χ2n) is 5.25. The lowest BCUT2D eigenvalue weighted by atomic mass is 10.2. The van der Waals surface area contributed by atoms with Gasteiger partial charge in [0.1, 0.15) is 5.76 Å². The fourth-order valence-corrected chi connectivity index (χ4v) is 2.17. The van der Waals surface area contributed by atoms with E-state index in [2.05, 4.69) is 49.8 Å². The van der Waals surface area contributed by atoms with Gasteiger partial charge >= 0.3 is 0 Å². The van der Waals surface area contributed by atoms with Gasteiger partial charge < -0.3 is 8.84 Å². The van der Waals surface area contributed by atoms with Gasteiger partial charge in [-0.2, -0.15) is 0 Å². The molecular formula is C11H19BrO2Si. The number of hydrogen-bond acceptors (Lipinski definition) is 2. The first-order valence-electron chi connectivity index (χ1n) is 5.10. The number of halogens is 1. The molecule has 0 aliphatic heterocycles. The summed E-state index contributed by atoms with van der Waals surface area (Å²) in [7, 11) is -1.65. The molecule has 0 amide bonds. The summed E-state index contributed by atoms with van der Waals surface area (Å²) in [6.45, 7) is 11.8. The number of rotatable bonds is 3. The first-order valence-corrected chi connectivity index (χ1v) is 8.81. The minimum absolute atomic E-state index is 0.247. The van der Waals surface area contributed by atoms with Crippen LogP contribution in [0.25, 0.3) is 0 Å². The molecule has 0 aromatic carbocycles. The van der Waals surface area contributed by atoms with Crippen LogP contribution < -0.4 is 0 Å². The van der Waals surface area contributed by atoms with E-state index in [4.69, 9.17) is 8.84 Å². The zero-order chi connectivity index (χ0) is 11.7. The van der Waals surface area contributed by atoms with Gasteiger partial charge in [-0.1, -0.05) is 20.8 Å². The van der Waals surface area contributed by atoms with Crippen LogP contribution in [0.15, 0.2) is 21.2 Å². The smallest absolute Gasteiger partial charge is 0.192 e. The van der Waals surface area contributed by atoms with Gasteiger partial charge in [-0.15, -0.1) is 0 Å².